The molecular formula is C23H27GeN. The number of aromatic nitrogens is 1. The quantitative estimate of drug-likeness (QED) is 0.462. The Morgan fingerprint density at radius 2 is 1.24 bits per heavy atom. The molecule has 0 atom stereocenters. The zero-order valence-electron chi connectivity index (χ0n) is 15.5. The van der Waals surface area contributed by atoms with Gasteiger partial charge in [-0.05, 0) is 0 Å². The van der Waals surface area contributed by atoms with Crippen LogP contribution >= 0.6 is 0 Å². The third-order valence-corrected chi connectivity index (χ3v) is 17.4. The monoisotopic (exact) mass is 391 g/mol. The maximum absolute atomic E-state index is 4.66. The number of pyridine rings is 1. The van der Waals surface area contributed by atoms with Gasteiger partial charge < -0.3 is 0 Å². The summed E-state index contributed by atoms with van der Waals surface area (Å²) in [6.45, 7) is 7.13. The molecule has 1 heterocycles. The molecule has 2 aromatic carbocycles. The van der Waals surface area contributed by atoms with E-state index in [0.717, 1.165) is 5.69 Å². The first kappa shape index (κ1) is 17.9. The number of nitrogens with zero attached hydrogens (tertiary/aromatic N) is 1. The summed E-state index contributed by atoms with van der Waals surface area (Å²) in [5.41, 5.74) is 4.83. The van der Waals surface area contributed by atoms with E-state index in [1.165, 1.54) is 32.5 Å². The number of hydrogen-bond donors (Lipinski definition) is 0. The van der Waals surface area contributed by atoms with Crippen LogP contribution in [-0.2, 0) is 0 Å². The van der Waals surface area contributed by atoms with Crippen molar-refractivity contribution >= 4 is 17.7 Å². The van der Waals surface area contributed by atoms with Crippen LogP contribution in [0.25, 0.3) is 22.4 Å². The number of hydrogen-bond acceptors (Lipinski definition) is 1. The van der Waals surface area contributed by atoms with E-state index >= 15 is 0 Å². The zero-order valence-corrected chi connectivity index (χ0v) is 17.6. The Morgan fingerprint density at radius 1 is 0.680 bits per heavy atom. The van der Waals surface area contributed by atoms with E-state index in [1.807, 2.05) is 6.20 Å². The van der Waals surface area contributed by atoms with Crippen LogP contribution in [0.2, 0.25) is 15.8 Å². The molecule has 0 spiro atoms. The Morgan fingerprint density at radius 3 is 1.84 bits per heavy atom. The van der Waals surface area contributed by atoms with Gasteiger partial charge in [0.1, 0.15) is 0 Å². The second-order valence-corrected chi connectivity index (χ2v) is 17.7. The minimum absolute atomic E-state index is 1.11. The average Bonchev–Trinajstić information content (AvgIpc) is 2.71. The summed E-state index contributed by atoms with van der Waals surface area (Å²) in [5, 5.41) is 4.05. The molecule has 0 amide bonds. The van der Waals surface area contributed by atoms with Gasteiger partial charge in [0, 0.05) is 0 Å². The second kappa shape index (κ2) is 8.01. The molecule has 0 saturated heterocycles. The van der Waals surface area contributed by atoms with Crippen LogP contribution in [0.5, 0.6) is 0 Å². The van der Waals surface area contributed by atoms with Crippen molar-refractivity contribution in [3.63, 3.8) is 0 Å². The predicted molar refractivity (Wildman–Crippen MR) is 112 cm³/mol. The van der Waals surface area contributed by atoms with E-state index in [1.54, 1.807) is 4.40 Å². The third-order valence-electron chi connectivity index (χ3n) is 5.69. The average molecular weight is 390 g/mol. The van der Waals surface area contributed by atoms with Gasteiger partial charge in [0.05, 0.1) is 0 Å². The van der Waals surface area contributed by atoms with Crippen molar-refractivity contribution in [2.45, 2.75) is 36.5 Å². The van der Waals surface area contributed by atoms with Gasteiger partial charge in [-0.3, -0.25) is 0 Å². The molecule has 2 heteroatoms. The molecule has 0 fully saturated rings. The fraction of sp³-hybridized carbons (Fsp3) is 0.261. The minimum atomic E-state index is -1.93. The molecule has 0 N–H and O–H groups in total. The molecule has 3 aromatic rings. The Balaban J connectivity index is 1.94. The molecule has 3 rings (SSSR count). The molecule has 25 heavy (non-hydrogen) atoms. The fourth-order valence-corrected chi connectivity index (χ4v) is 11.3. The first-order chi connectivity index (χ1) is 12.2. The summed E-state index contributed by atoms with van der Waals surface area (Å²) >= 11 is -1.93. The fourth-order valence-electron chi connectivity index (χ4n) is 3.74. The molecule has 1 nitrogen and oxygen atoms in total. The van der Waals surface area contributed by atoms with Gasteiger partial charge in [-0.1, -0.05) is 0 Å². The Hall–Kier alpha value is -1.87. The first-order valence-corrected chi connectivity index (χ1v) is 14.8. The van der Waals surface area contributed by atoms with Crippen LogP contribution in [0.4, 0.5) is 0 Å². The molecule has 0 aliphatic rings. The normalized spacial score (nSPS) is 11.5. The van der Waals surface area contributed by atoms with Crippen LogP contribution < -0.4 is 4.40 Å². The summed E-state index contributed by atoms with van der Waals surface area (Å²) in [4.78, 5) is 4.66. The van der Waals surface area contributed by atoms with Gasteiger partial charge in [-0.25, -0.2) is 0 Å². The van der Waals surface area contributed by atoms with Crippen molar-refractivity contribution in [1.82, 2.24) is 4.98 Å². The van der Waals surface area contributed by atoms with E-state index < -0.39 is 13.3 Å². The van der Waals surface area contributed by atoms with Crippen molar-refractivity contribution in [3.8, 4) is 22.4 Å². The number of benzene rings is 2. The topological polar surface area (TPSA) is 12.9 Å². The van der Waals surface area contributed by atoms with E-state index in [0.29, 0.717) is 0 Å². The van der Waals surface area contributed by atoms with Crippen LogP contribution in [0, 0.1) is 0 Å². The third kappa shape index (κ3) is 3.72. The molecule has 1 aromatic heterocycles. The molecule has 0 radical (unpaired) electrons. The first-order valence-electron chi connectivity index (χ1n) is 9.35. The SMILES string of the molecule is C[CH2][Ge]([CH2]C)([CH2]C)[c]1ccnc(-c2ccc(-c3ccccc3)cc2)c1. The van der Waals surface area contributed by atoms with E-state index in [-0.39, 0.29) is 0 Å². The Bertz CT molecular complexity index is 797. The summed E-state index contributed by atoms with van der Waals surface area (Å²) in [7, 11) is 0. The van der Waals surface area contributed by atoms with Gasteiger partial charge in [0.2, 0.25) is 0 Å². The zero-order chi connectivity index (χ0) is 17.7. The molecule has 128 valence electrons. The molecular weight excluding hydrogens is 363 g/mol. The van der Waals surface area contributed by atoms with E-state index in [4.69, 9.17) is 0 Å². The van der Waals surface area contributed by atoms with Crippen molar-refractivity contribution in [3.05, 3.63) is 72.9 Å². The Labute approximate surface area is 154 Å². The molecule has 0 aliphatic carbocycles. The van der Waals surface area contributed by atoms with Crippen molar-refractivity contribution < 1.29 is 0 Å². The van der Waals surface area contributed by atoms with Gasteiger partial charge in [-0.2, -0.15) is 0 Å². The van der Waals surface area contributed by atoms with Crippen molar-refractivity contribution in [2.75, 3.05) is 0 Å². The molecule has 0 unspecified atom stereocenters. The van der Waals surface area contributed by atoms with Crippen molar-refractivity contribution in [2.24, 2.45) is 0 Å². The standard InChI is InChI=1S/C23H27GeN/c1-4-24(5-2,6-3)22-16-17-25-23(18-22)21-14-12-20(13-15-21)19-10-8-7-9-11-19/h7-18H,4-6H2,1-3H3. The summed E-state index contributed by atoms with van der Waals surface area (Å²) in [6, 6.07) is 24.0. The second-order valence-electron chi connectivity index (χ2n) is 6.71. The van der Waals surface area contributed by atoms with E-state index in [2.05, 4.69) is 92.5 Å². The Kier molecular flexibility index (Phi) is 5.75. The molecule has 0 aliphatic heterocycles. The van der Waals surface area contributed by atoms with Crippen LogP contribution in [0.1, 0.15) is 20.8 Å². The van der Waals surface area contributed by atoms with Crippen molar-refractivity contribution in [1.29, 1.82) is 0 Å². The van der Waals surface area contributed by atoms with Gasteiger partial charge in [0.15, 0.2) is 0 Å². The van der Waals surface area contributed by atoms with Crippen LogP contribution in [0.15, 0.2) is 72.9 Å². The van der Waals surface area contributed by atoms with Crippen LogP contribution in [0.3, 0.4) is 0 Å². The molecule has 0 saturated carbocycles. The van der Waals surface area contributed by atoms with Gasteiger partial charge >= 0.3 is 154 Å². The summed E-state index contributed by atoms with van der Waals surface area (Å²) < 4.78 is 1.60. The van der Waals surface area contributed by atoms with Crippen LogP contribution in [-0.4, -0.2) is 18.3 Å². The number of rotatable bonds is 6. The van der Waals surface area contributed by atoms with E-state index in [9.17, 15) is 0 Å². The maximum atomic E-state index is 4.66. The summed E-state index contributed by atoms with van der Waals surface area (Å²) in [5.74, 6) is 0. The van der Waals surface area contributed by atoms with Gasteiger partial charge in [0.25, 0.3) is 0 Å². The predicted octanol–water partition coefficient (Wildman–Crippen LogP) is 6.13. The molecule has 0 bridgehead atoms. The van der Waals surface area contributed by atoms with Gasteiger partial charge in [-0.15, -0.1) is 0 Å². The summed E-state index contributed by atoms with van der Waals surface area (Å²) in [6.07, 6.45) is 2.01.